The summed E-state index contributed by atoms with van der Waals surface area (Å²) in [5.41, 5.74) is 2.15. The molecule has 0 radical (unpaired) electrons. The van der Waals surface area contributed by atoms with E-state index in [1.165, 1.54) is 6.42 Å². The van der Waals surface area contributed by atoms with Crippen molar-refractivity contribution in [1.82, 2.24) is 20.4 Å². The minimum atomic E-state index is -0.0689. The molecule has 2 rings (SSSR count). The van der Waals surface area contributed by atoms with Crippen molar-refractivity contribution in [3.63, 3.8) is 0 Å². The predicted molar refractivity (Wildman–Crippen MR) is 65.6 cm³/mol. The predicted octanol–water partition coefficient (Wildman–Crippen LogP) is 1.33. The van der Waals surface area contributed by atoms with E-state index in [9.17, 15) is 4.79 Å². The number of carbonyl (C=O) groups is 1. The Labute approximate surface area is 102 Å². The molecule has 17 heavy (non-hydrogen) atoms. The molecule has 1 aromatic rings. The van der Waals surface area contributed by atoms with Crippen LogP contribution >= 0.6 is 0 Å². The molecule has 94 valence electrons. The van der Waals surface area contributed by atoms with Crippen molar-refractivity contribution in [2.75, 3.05) is 0 Å². The Morgan fingerprint density at radius 1 is 1.59 bits per heavy atom. The maximum Gasteiger partial charge on any atom is 0.315 e. The molecule has 0 bridgehead atoms. The lowest BCUT2D eigenvalue weighted by Gasteiger charge is -2.26. The molecule has 1 aliphatic carbocycles. The third-order valence-electron chi connectivity index (χ3n) is 3.21. The largest absolute Gasteiger partial charge is 0.335 e. The maximum absolute atomic E-state index is 11.6. The Hall–Kier alpha value is -1.52. The van der Waals surface area contributed by atoms with Gasteiger partial charge in [0.1, 0.15) is 0 Å². The van der Waals surface area contributed by atoms with E-state index in [0.717, 1.165) is 30.5 Å². The van der Waals surface area contributed by atoms with Crippen molar-refractivity contribution in [3.05, 3.63) is 17.5 Å². The van der Waals surface area contributed by atoms with Gasteiger partial charge in [-0.1, -0.05) is 6.92 Å². The Morgan fingerprint density at radius 2 is 2.35 bits per heavy atom. The number of nitrogens with one attached hydrogen (secondary N) is 2. The van der Waals surface area contributed by atoms with Crippen molar-refractivity contribution < 1.29 is 4.79 Å². The van der Waals surface area contributed by atoms with Crippen molar-refractivity contribution in [3.8, 4) is 0 Å². The van der Waals surface area contributed by atoms with E-state index in [2.05, 4.69) is 22.7 Å². The van der Waals surface area contributed by atoms with E-state index >= 15 is 0 Å². The van der Waals surface area contributed by atoms with Crippen molar-refractivity contribution >= 4 is 6.03 Å². The number of urea groups is 1. The van der Waals surface area contributed by atoms with Gasteiger partial charge in [-0.25, -0.2) is 4.79 Å². The van der Waals surface area contributed by atoms with Crippen LogP contribution in [0.4, 0.5) is 4.79 Å². The number of aromatic nitrogens is 2. The molecule has 0 saturated heterocycles. The molecule has 0 aromatic carbocycles. The van der Waals surface area contributed by atoms with Crippen LogP contribution in [0.15, 0.2) is 6.20 Å². The average Bonchev–Trinajstić information content (AvgIpc) is 2.61. The van der Waals surface area contributed by atoms with Crippen LogP contribution in [-0.4, -0.2) is 21.9 Å². The summed E-state index contributed by atoms with van der Waals surface area (Å²) in [5, 5.41) is 10.2. The first kappa shape index (κ1) is 12.0. The molecule has 1 heterocycles. The summed E-state index contributed by atoms with van der Waals surface area (Å²) in [6, 6.07) is 0.315. The molecule has 1 aliphatic rings. The molecule has 1 fully saturated rings. The first-order valence-electron chi connectivity index (χ1n) is 6.24. The third kappa shape index (κ3) is 2.99. The third-order valence-corrected chi connectivity index (χ3v) is 3.21. The molecule has 0 aliphatic heterocycles. The number of hydrogen-bond acceptors (Lipinski definition) is 2. The average molecular weight is 236 g/mol. The summed E-state index contributed by atoms with van der Waals surface area (Å²) < 4.78 is 1.79. The smallest absolute Gasteiger partial charge is 0.315 e. The van der Waals surface area contributed by atoms with Crippen molar-refractivity contribution in [2.45, 2.75) is 45.2 Å². The maximum atomic E-state index is 11.6. The molecule has 5 nitrogen and oxygen atoms in total. The molecule has 0 atom stereocenters. The fourth-order valence-electron chi connectivity index (χ4n) is 1.99. The standard InChI is InChI=1S/C12H20N4O/c1-3-11-9(8-16(2)15-11)7-13-12(17)14-10-5-4-6-10/h8,10H,3-7H2,1-2H3,(H2,13,14,17). The lowest BCUT2D eigenvalue weighted by Crippen LogP contribution is -2.44. The van der Waals surface area contributed by atoms with E-state index in [-0.39, 0.29) is 6.03 Å². The summed E-state index contributed by atoms with van der Waals surface area (Å²) in [6.07, 6.45) is 6.30. The van der Waals surface area contributed by atoms with Crippen molar-refractivity contribution in [2.24, 2.45) is 7.05 Å². The number of amides is 2. The van der Waals surface area contributed by atoms with Gasteiger partial charge < -0.3 is 10.6 Å². The lowest BCUT2D eigenvalue weighted by atomic mass is 9.93. The van der Waals surface area contributed by atoms with E-state index in [0.29, 0.717) is 12.6 Å². The van der Waals surface area contributed by atoms with Crippen LogP contribution in [0.25, 0.3) is 0 Å². The highest BCUT2D eigenvalue weighted by atomic mass is 16.2. The minimum absolute atomic E-state index is 0.0689. The van der Waals surface area contributed by atoms with E-state index < -0.39 is 0 Å². The van der Waals surface area contributed by atoms with Gasteiger partial charge >= 0.3 is 6.03 Å². The van der Waals surface area contributed by atoms with Gasteiger partial charge in [0.2, 0.25) is 0 Å². The summed E-state index contributed by atoms with van der Waals surface area (Å²) in [5.74, 6) is 0. The van der Waals surface area contributed by atoms with Crippen LogP contribution in [0.5, 0.6) is 0 Å². The van der Waals surface area contributed by atoms with Gasteiger partial charge in [-0.3, -0.25) is 4.68 Å². The molecule has 0 spiro atoms. The van der Waals surface area contributed by atoms with Crippen LogP contribution in [0.1, 0.15) is 37.4 Å². The summed E-state index contributed by atoms with van der Waals surface area (Å²) >= 11 is 0. The van der Waals surface area contributed by atoms with Gasteiger partial charge in [-0.05, 0) is 25.7 Å². The van der Waals surface area contributed by atoms with E-state index in [1.54, 1.807) is 4.68 Å². The minimum Gasteiger partial charge on any atom is -0.335 e. The quantitative estimate of drug-likeness (QED) is 0.828. The molecule has 2 N–H and O–H groups in total. The highest BCUT2D eigenvalue weighted by Crippen LogP contribution is 2.17. The Morgan fingerprint density at radius 3 is 2.94 bits per heavy atom. The zero-order valence-electron chi connectivity index (χ0n) is 10.5. The number of hydrogen-bond donors (Lipinski definition) is 2. The second kappa shape index (κ2) is 5.21. The normalized spacial score (nSPS) is 15.4. The first-order chi connectivity index (χ1) is 8.19. The Balaban J connectivity index is 1.81. The van der Waals surface area contributed by atoms with Crippen LogP contribution in [0.3, 0.4) is 0 Å². The Bertz CT molecular complexity index is 395. The summed E-state index contributed by atoms with van der Waals surface area (Å²) in [6.45, 7) is 2.62. The molecule has 5 heteroatoms. The first-order valence-corrected chi connectivity index (χ1v) is 6.24. The highest BCUT2D eigenvalue weighted by Gasteiger charge is 2.19. The van der Waals surface area contributed by atoms with E-state index in [1.807, 2.05) is 13.2 Å². The molecular weight excluding hydrogens is 216 g/mol. The second-order valence-corrected chi connectivity index (χ2v) is 4.58. The van der Waals surface area contributed by atoms with Gasteiger partial charge in [-0.15, -0.1) is 0 Å². The van der Waals surface area contributed by atoms with Crippen LogP contribution < -0.4 is 10.6 Å². The van der Waals surface area contributed by atoms with Gasteiger partial charge in [0.05, 0.1) is 5.69 Å². The van der Waals surface area contributed by atoms with Gasteiger partial charge in [0.15, 0.2) is 0 Å². The topological polar surface area (TPSA) is 59.0 Å². The molecule has 1 aromatic heterocycles. The Kier molecular flexibility index (Phi) is 3.66. The van der Waals surface area contributed by atoms with Gasteiger partial charge in [0, 0.05) is 31.4 Å². The second-order valence-electron chi connectivity index (χ2n) is 4.58. The number of aryl methyl sites for hydroxylation is 2. The molecule has 1 saturated carbocycles. The van der Waals surface area contributed by atoms with Gasteiger partial charge in [-0.2, -0.15) is 5.10 Å². The van der Waals surface area contributed by atoms with Gasteiger partial charge in [0.25, 0.3) is 0 Å². The number of nitrogens with zero attached hydrogens (tertiary/aromatic N) is 2. The number of rotatable bonds is 4. The summed E-state index contributed by atoms with van der Waals surface area (Å²) in [4.78, 5) is 11.6. The molecule has 0 unspecified atom stereocenters. The van der Waals surface area contributed by atoms with E-state index in [4.69, 9.17) is 0 Å². The van der Waals surface area contributed by atoms with Crippen LogP contribution in [-0.2, 0) is 20.0 Å². The number of carbonyl (C=O) groups excluding carboxylic acids is 1. The SMILES string of the molecule is CCc1nn(C)cc1CNC(=O)NC1CCC1. The zero-order chi connectivity index (χ0) is 12.3. The van der Waals surface area contributed by atoms with Crippen LogP contribution in [0.2, 0.25) is 0 Å². The monoisotopic (exact) mass is 236 g/mol. The molecular formula is C12H20N4O. The lowest BCUT2D eigenvalue weighted by molar-refractivity contribution is 0.228. The summed E-state index contributed by atoms with van der Waals surface area (Å²) in [7, 11) is 1.90. The molecule has 2 amide bonds. The van der Waals surface area contributed by atoms with Crippen molar-refractivity contribution in [1.29, 1.82) is 0 Å². The van der Waals surface area contributed by atoms with Crippen LogP contribution in [0, 0.1) is 0 Å². The zero-order valence-corrected chi connectivity index (χ0v) is 10.5. The highest BCUT2D eigenvalue weighted by molar-refractivity contribution is 5.74. The fraction of sp³-hybridized carbons (Fsp3) is 0.667. The fourth-order valence-corrected chi connectivity index (χ4v) is 1.99.